The average Bonchev–Trinajstić information content (AvgIpc) is 2.75. The van der Waals surface area contributed by atoms with E-state index >= 15 is 0 Å². The van der Waals surface area contributed by atoms with E-state index in [4.69, 9.17) is 15.9 Å². The lowest BCUT2D eigenvalue weighted by Gasteiger charge is -2.35. The van der Waals surface area contributed by atoms with E-state index in [1.165, 1.54) is 0 Å². The highest BCUT2D eigenvalue weighted by atomic mass is 16.4. The fraction of sp³-hybridized carbons (Fsp3) is 0.476. The van der Waals surface area contributed by atoms with E-state index < -0.39 is 30.2 Å². The van der Waals surface area contributed by atoms with E-state index in [1.54, 1.807) is 24.3 Å². The fourth-order valence-electron chi connectivity index (χ4n) is 3.85. The summed E-state index contributed by atoms with van der Waals surface area (Å²) in [5.74, 6) is -2.49. The van der Waals surface area contributed by atoms with Gasteiger partial charge < -0.3 is 26.2 Å². The smallest absolute Gasteiger partial charge is 0.326 e. The molecule has 2 unspecified atom stereocenters. The molecule has 0 spiro atoms. The number of amidine groups is 1. The molecular weight excluding hydrogens is 418 g/mol. The van der Waals surface area contributed by atoms with Crippen LogP contribution < -0.4 is 21.7 Å². The highest BCUT2D eigenvalue weighted by molar-refractivity contribution is 6.05. The van der Waals surface area contributed by atoms with Gasteiger partial charge in [-0.05, 0) is 49.3 Å². The van der Waals surface area contributed by atoms with Gasteiger partial charge in [-0.25, -0.2) is 4.79 Å². The summed E-state index contributed by atoms with van der Waals surface area (Å²) in [5, 5.41) is 25.9. The summed E-state index contributed by atoms with van der Waals surface area (Å²) in [6.45, 7) is 0.617. The fourth-order valence-corrected chi connectivity index (χ4v) is 3.85. The Morgan fingerprint density at radius 2 is 1.91 bits per heavy atom. The Hall–Kier alpha value is -3.47. The molecule has 0 bridgehead atoms. The molecule has 7 N–H and O–H groups in total. The van der Waals surface area contributed by atoms with Crippen LogP contribution in [0.4, 0.5) is 0 Å². The maximum absolute atomic E-state index is 12.3. The molecule has 172 valence electrons. The van der Waals surface area contributed by atoms with Crippen molar-refractivity contribution >= 4 is 29.6 Å². The number of hydrogen-bond donors (Lipinski definition) is 6. The minimum atomic E-state index is -1.28. The summed E-state index contributed by atoms with van der Waals surface area (Å²) >= 11 is 0. The quantitative estimate of drug-likeness (QED) is 0.298. The Morgan fingerprint density at radius 1 is 1.19 bits per heavy atom. The minimum Gasteiger partial charge on any atom is -0.481 e. The standard InChI is InChI=1S/C21H27N5O6/c22-21-25-17-14(19(30)26-21)9-12(10-23-17)2-1-11-3-5-13(6-4-11)18(29)24-15(20(31)32)7-8-16(27)28/h3-6,12,14-15,21H,1-2,7-10,22H2,(H,23,25)(H,24,29)(H,26,30)(H,27,28)(H,31,32)/t12-,14?,15-,21?/m0/s1. The number of fused-ring (bicyclic) bond motifs is 1. The third kappa shape index (κ3) is 6.03. The number of carbonyl (C=O) groups excluding carboxylic acids is 2. The normalized spacial score (nSPS) is 23.1. The van der Waals surface area contributed by atoms with Crippen molar-refractivity contribution in [2.24, 2.45) is 22.6 Å². The molecule has 0 saturated carbocycles. The molecule has 4 atom stereocenters. The molecule has 2 aliphatic rings. The maximum Gasteiger partial charge on any atom is 0.326 e. The van der Waals surface area contributed by atoms with E-state index in [1.807, 2.05) is 0 Å². The van der Waals surface area contributed by atoms with Crippen molar-refractivity contribution in [1.82, 2.24) is 16.0 Å². The Morgan fingerprint density at radius 3 is 2.56 bits per heavy atom. The van der Waals surface area contributed by atoms with Crippen LogP contribution in [-0.2, 0) is 20.8 Å². The molecular formula is C21H27N5O6. The van der Waals surface area contributed by atoms with Crippen LogP contribution in [0.2, 0.25) is 0 Å². The summed E-state index contributed by atoms with van der Waals surface area (Å²) in [4.78, 5) is 50.8. The van der Waals surface area contributed by atoms with E-state index in [-0.39, 0.29) is 30.6 Å². The number of hydrogen-bond acceptors (Lipinski definition) is 7. The van der Waals surface area contributed by atoms with Crippen LogP contribution in [-0.4, -0.2) is 58.7 Å². The van der Waals surface area contributed by atoms with Gasteiger partial charge in [-0.1, -0.05) is 12.1 Å². The van der Waals surface area contributed by atoms with Gasteiger partial charge in [-0.3, -0.25) is 25.1 Å². The second-order valence-corrected chi connectivity index (χ2v) is 8.04. The Labute approximate surface area is 184 Å². The van der Waals surface area contributed by atoms with Gasteiger partial charge >= 0.3 is 11.9 Å². The van der Waals surface area contributed by atoms with Gasteiger partial charge in [0.1, 0.15) is 11.9 Å². The van der Waals surface area contributed by atoms with Gasteiger partial charge in [0.2, 0.25) is 5.91 Å². The summed E-state index contributed by atoms with van der Waals surface area (Å²) in [6.07, 6.45) is 1.11. The second-order valence-electron chi connectivity index (χ2n) is 8.04. The predicted molar refractivity (Wildman–Crippen MR) is 114 cm³/mol. The van der Waals surface area contributed by atoms with E-state index in [2.05, 4.69) is 20.9 Å². The Balaban J connectivity index is 1.51. The molecule has 2 aliphatic heterocycles. The highest BCUT2D eigenvalue weighted by Crippen LogP contribution is 2.25. The zero-order chi connectivity index (χ0) is 23.3. The summed E-state index contributed by atoms with van der Waals surface area (Å²) in [5.41, 5.74) is 7.00. The number of carbonyl (C=O) groups is 4. The van der Waals surface area contributed by atoms with Gasteiger partial charge in [0.05, 0.1) is 5.92 Å². The lowest BCUT2D eigenvalue weighted by molar-refractivity contribution is -0.140. The van der Waals surface area contributed by atoms with Gasteiger partial charge in [0.15, 0.2) is 6.29 Å². The monoisotopic (exact) mass is 445 g/mol. The lowest BCUT2D eigenvalue weighted by atomic mass is 9.85. The van der Waals surface area contributed by atoms with Crippen LogP contribution in [0.3, 0.4) is 0 Å². The van der Waals surface area contributed by atoms with Gasteiger partial charge in [0, 0.05) is 18.5 Å². The number of amides is 2. The number of aliphatic imine (C=N–C) groups is 1. The van der Waals surface area contributed by atoms with E-state index in [9.17, 15) is 19.2 Å². The largest absolute Gasteiger partial charge is 0.481 e. The third-order valence-electron chi connectivity index (χ3n) is 5.64. The predicted octanol–water partition coefficient (Wildman–Crippen LogP) is -0.337. The zero-order valence-corrected chi connectivity index (χ0v) is 17.4. The topological polar surface area (TPSA) is 183 Å². The van der Waals surface area contributed by atoms with Crippen LogP contribution in [0.25, 0.3) is 0 Å². The summed E-state index contributed by atoms with van der Waals surface area (Å²) in [6, 6.07) is 5.55. The van der Waals surface area contributed by atoms with E-state index in [0.29, 0.717) is 24.4 Å². The van der Waals surface area contributed by atoms with Crippen molar-refractivity contribution in [2.75, 3.05) is 6.54 Å². The molecule has 0 aliphatic carbocycles. The third-order valence-corrected chi connectivity index (χ3v) is 5.64. The number of rotatable bonds is 9. The Kier molecular flexibility index (Phi) is 7.41. The lowest BCUT2D eigenvalue weighted by Crippen LogP contribution is -2.64. The van der Waals surface area contributed by atoms with Crippen molar-refractivity contribution in [2.45, 2.75) is 44.4 Å². The molecule has 1 fully saturated rings. The number of carboxylic acids is 2. The number of nitrogens with two attached hydrogens (primary N) is 1. The average molecular weight is 445 g/mol. The number of aliphatic carboxylic acids is 2. The SMILES string of the molecule is NC1NC(=O)C2C[C@H](CCc3ccc(C(=O)N[C@@H](CCC(=O)O)C(=O)O)cc3)CN=C2N1. The first-order chi connectivity index (χ1) is 15.2. The van der Waals surface area contributed by atoms with Crippen LogP contribution >= 0.6 is 0 Å². The Bertz CT molecular complexity index is 916. The van der Waals surface area contributed by atoms with Crippen molar-refractivity contribution in [3.8, 4) is 0 Å². The van der Waals surface area contributed by atoms with Gasteiger partial charge in [0.25, 0.3) is 5.91 Å². The van der Waals surface area contributed by atoms with Crippen molar-refractivity contribution in [3.63, 3.8) is 0 Å². The van der Waals surface area contributed by atoms with Crippen LogP contribution in [0.1, 0.15) is 41.6 Å². The summed E-state index contributed by atoms with van der Waals surface area (Å²) < 4.78 is 0. The van der Waals surface area contributed by atoms with Crippen LogP contribution in [0.5, 0.6) is 0 Å². The molecule has 0 aromatic heterocycles. The summed E-state index contributed by atoms with van der Waals surface area (Å²) in [7, 11) is 0. The van der Waals surface area contributed by atoms with Gasteiger partial charge in [-0.2, -0.15) is 0 Å². The number of carboxylic acid groups (broad SMARTS) is 2. The molecule has 11 heteroatoms. The van der Waals surface area contributed by atoms with Crippen LogP contribution in [0.15, 0.2) is 29.3 Å². The minimum absolute atomic E-state index is 0.113. The molecule has 1 saturated heterocycles. The molecule has 1 aromatic carbocycles. The first kappa shape index (κ1) is 23.2. The number of nitrogens with zero attached hydrogens (tertiary/aromatic N) is 1. The number of nitrogens with one attached hydrogen (secondary N) is 3. The highest BCUT2D eigenvalue weighted by Gasteiger charge is 2.35. The first-order valence-electron chi connectivity index (χ1n) is 10.4. The van der Waals surface area contributed by atoms with Crippen LogP contribution in [0, 0.1) is 11.8 Å². The molecule has 11 nitrogen and oxygen atoms in total. The zero-order valence-electron chi connectivity index (χ0n) is 17.4. The number of benzene rings is 1. The van der Waals surface area contributed by atoms with Crippen molar-refractivity contribution in [3.05, 3.63) is 35.4 Å². The molecule has 2 heterocycles. The number of aryl methyl sites for hydroxylation is 1. The molecule has 1 aromatic rings. The van der Waals surface area contributed by atoms with Gasteiger partial charge in [-0.15, -0.1) is 0 Å². The van der Waals surface area contributed by atoms with Crippen molar-refractivity contribution in [1.29, 1.82) is 0 Å². The van der Waals surface area contributed by atoms with Crippen molar-refractivity contribution < 1.29 is 29.4 Å². The molecule has 3 rings (SSSR count). The molecule has 2 amide bonds. The maximum atomic E-state index is 12.3. The second kappa shape index (κ2) is 10.2. The first-order valence-corrected chi connectivity index (χ1v) is 10.4. The molecule has 32 heavy (non-hydrogen) atoms. The van der Waals surface area contributed by atoms with E-state index in [0.717, 1.165) is 18.4 Å². The molecule has 0 radical (unpaired) electrons.